The van der Waals surface area contributed by atoms with Gasteiger partial charge in [-0.3, -0.25) is 9.59 Å². The lowest BCUT2D eigenvalue weighted by Gasteiger charge is -2.25. The maximum atomic E-state index is 13.6. The fourth-order valence-corrected chi connectivity index (χ4v) is 4.09. The highest BCUT2D eigenvalue weighted by Crippen LogP contribution is 2.33. The number of benzene rings is 3. The molecule has 0 bridgehead atoms. The number of halogens is 1. The number of anilines is 1. The first-order chi connectivity index (χ1) is 15.4. The Hall–Kier alpha value is -3.51. The average molecular weight is 432 g/mol. The van der Waals surface area contributed by atoms with E-state index in [1.807, 2.05) is 38.4 Å². The van der Waals surface area contributed by atoms with E-state index in [1.54, 1.807) is 6.07 Å². The van der Waals surface area contributed by atoms with Crippen LogP contribution in [0.15, 0.2) is 66.7 Å². The van der Waals surface area contributed by atoms with Crippen molar-refractivity contribution in [1.29, 1.82) is 0 Å². The zero-order valence-corrected chi connectivity index (χ0v) is 18.2. The third-order valence-corrected chi connectivity index (χ3v) is 5.61. The molecule has 3 aromatic rings. The molecule has 0 saturated heterocycles. The van der Waals surface area contributed by atoms with Crippen LogP contribution in [0.2, 0.25) is 0 Å². The van der Waals surface area contributed by atoms with Crippen LogP contribution >= 0.6 is 0 Å². The van der Waals surface area contributed by atoms with E-state index >= 15 is 0 Å². The summed E-state index contributed by atoms with van der Waals surface area (Å²) in [7, 11) is 4.08. The fourth-order valence-electron chi connectivity index (χ4n) is 4.09. The molecule has 0 radical (unpaired) electrons. The summed E-state index contributed by atoms with van der Waals surface area (Å²) in [5.41, 5.74) is 5.34. The minimum atomic E-state index is -0.642. The first kappa shape index (κ1) is 21.7. The molecule has 3 aromatic carbocycles. The average Bonchev–Trinajstić information content (AvgIpc) is 2.77. The van der Waals surface area contributed by atoms with Crippen LogP contribution in [0.3, 0.4) is 0 Å². The van der Waals surface area contributed by atoms with E-state index in [-0.39, 0.29) is 18.2 Å². The zero-order chi connectivity index (χ0) is 22.7. The van der Waals surface area contributed by atoms with Crippen molar-refractivity contribution in [2.24, 2.45) is 0 Å². The van der Waals surface area contributed by atoms with Gasteiger partial charge in [0.05, 0.1) is 5.92 Å². The Morgan fingerprint density at radius 2 is 1.84 bits per heavy atom. The summed E-state index contributed by atoms with van der Waals surface area (Å²) in [5.74, 6) is -1.63. The minimum absolute atomic E-state index is 0.0411. The molecule has 4 rings (SSSR count). The molecule has 2 amide bonds. The molecule has 32 heavy (non-hydrogen) atoms. The van der Waals surface area contributed by atoms with Gasteiger partial charge >= 0.3 is 0 Å². The SMILES string of the molecule is CN(C)Cc1ccc(-c2ccccc2CNC(=O)[C@@H]2CC(=O)Nc3cc(F)ccc32)cc1. The van der Waals surface area contributed by atoms with Gasteiger partial charge in [0, 0.05) is 25.2 Å². The largest absolute Gasteiger partial charge is 0.351 e. The lowest BCUT2D eigenvalue weighted by atomic mass is 9.89. The Balaban J connectivity index is 1.51. The predicted molar refractivity (Wildman–Crippen MR) is 124 cm³/mol. The predicted octanol–water partition coefficient (Wildman–Crippen LogP) is 4.30. The highest BCUT2D eigenvalue weighted by molar-refractivity contribution is 6.01. The number of hydrogen-bond donors (Lipinski definition) is 2. The number of carbonyl (C=O) groups is 2. The van der Waals surface area contributed by atoms with Crippen molar-refractivity contribution in [1.82, 2.24) is 10.2 Å². The summed E-state index contributed by atoms with van der Waals surface area (Å²) in [5, 5.41) is 5.62. The fraction of sp³-hybridized carbons (Fsp3) is 0.231. The second-order valence-corrected chi connectivity index (χ2v) is 8.35. The molecule has 5 nitrogen and oxygen atoms in total. The first-order valence-electron chi connectivity index (χ1n) is 10.6. The quantitative estimate of drug-likeness (QED) is 0.612. The Morgan fingerprint density at radius 1 is 1.09 bits per heavy atom. The van der Waals surface area contributed by atoms with Crippen LogP contribution in [0.5, 0.6) is 0 Å². The molecule has 1 atom stereocenters. The lowest BCUT2D eigenvalue weighted by Crippen LogP contribution is -2.34. The number of rotatable bonds is 6. The summed E-state index contributed by atoms with van der Waals surface area (Å²) >= 11 is 0. The molecule has 0 aromatic heterocycles. The molecule has 0 saturated carbocycles. The van der Waals surface area contributed by atoms with Crippen molar-refractivity contribution in [2.45, 2.75) is 25.4 Å². The molecule has 1 aliphatic heterocycles. The Labute approximate surface area is 187 Å². The number of hydrogen-bond acceptors (Lipinski definition) is 3. The van der Waals surface area contributed by atoms with E-state index in [0.717, 1.165) is 23.2 Å². The van der Waals surface area contributed by atoms with Gasteiger partial charge in [0.15, 0.2) is 0 Å². The van der Waals surface area contributed by atoms with Crippen LogP contribution in [0.4, 0.5) is 10.1 Å². The summed E-state index contributed by atoms with van der Waals surface area (Å²) in [6.45, 7) is 1.21. The van der Waals surface area contributed by atoms with Gasteiger partial charge in [-0.15, -0.1) is 0 Å². The molecule has 1 aliphatic rings. The van der Waals surface area contributed by atoms with Crippen LogP contribution < -0.4 is 10.6 Å². The number of carbonyl (C=O) groups excluding carboxylic acids is 2. The zero-order valence-electron chi connectivity index (χ0n) is 18.2. The van der Waals surface area contributed by atoms with Gasteiger partial charge in [-0.1, -0.05) is 54.6 Å². The molecule has 0 fully saturated rings. The maximum Gasteiger partial charge on any atom is 0.228 e. The third kappa shape index (κ3) is 4.86. The molecular weight excluding hydrogens is 405 g/mol. The summed E-state index contributed by atoms with van der Waals surface area (Å²) < 4.78 is 13.6. The molecule has 0 aliphatic carbocycles. The second-order valence-electron chi connectivity index (χ2n) is 8.35. The van der Waals surface area contributed by atoms with Crippen molar-refractivity contribution in [3.05, 3.63) is 89.2 Å². The summed E-state index contributed by atoms with van der Waals surface area (Å²) in [6, 6.07) is 20.5. The van der Waals surface area contributed by atoms with Gasteiger partial charge < -0.3 is 15.5 Å². The van der Waals surface area contributed by atoms with E-state index in [1.165, 1.54) is 17.7 Å². The number of nitrogens with one attached hydrogen (secondary N) is 2. The van der Waals surface area contributed by atoms with Crippen molar-refractivity contribution in [3.63, 3.8) is 0 Å². The van der Waals surface area contributed by atoms with E-state index in [9.17, 15) is 14.0 Å². The summed E-state index contributed by atoms with van der Waals surface area (Å²) in [6.07, 6.45) is 0.0411. The minimum Gasteiger partial charge on any atom is -0.351 e. The van der Waals surface area contributed by atoms with E-state index in [0.29, 0.717) is 17.8 Å². The van der Waals surface area contributed by atoms with Gasteiger partial charge in [-0.25, -0.2) is 4.39 Å². The van der Waals surface area contributed by atoms with Crippen molar-refractivity contribution in [3.8, 4) is 11.1 Å². The van der Waals surface area contributed by atoms with E-state index in [2.05, 4.69) is 39.8 Å². The monoisotopic (exact) mass is 431 g/mol. The number of nitrogens with zero attached hydrogens (tertiary/aromatic N) is 1. The van der Waals surface area contributed by atoms with Crippen molar-refractivity contribution >= 4 is 17.5 Å². The molecule has 6 heteroatoms. The van der Waals surface area contributed by atoms with Gasteiger partial charge in [0.25, 0.3) is 0 Å². The van der Waals surface area contributed by atoms with Gasteiger partial charge in [-0.05, 0) is 54.0 Å². The van der Waals surface area contributed by atoms with Gasteiger partial charge in [-0.2, -0.15) is 0 Å². The smallest absolute Gasteiger partial charge is 0.228 e. The Bertz CT molecular complexity index is 1140. The van der Waals surface area contributed by atoms with Crippen molar-refractivity contribution < 1.29 is 14.0 Å². The Kier molecular flexibility index (Phi) is 6.32. The van der Waals surface area contributed by atoms with Crippen LogP contribution in [0.1, 0.15) is 29.0 Å². The van der Waals surface area contributed by atoms with E-state index in [4.69, 9.17) is 0 Å². The lowest BCUT2D eigenvalue weighted by molar-refractivity contribution is -0.126. The number of fused-ring (bicyclic) bond motifs is 1. The van der Waals surface area contributed by atoms with Crippen LogP contribution in [0.25, 0.3) is 11.1 Å². The standard InChI is InChI=1S/C26H26FN3O2/c1-30(2)16-17-7-9-18(10-8-17)21-6-4-3-5-19(21)15-28-26(32)23-14-25(31)29-24-13-20(27)11-12-22(23)24/h3-13,23H,14-16H2,1-2H3,(H,28,32)(H,29,31)/t23-/m1/s1. The summed E-state index contributed by atoms with van der Waals surface area (Å²) in [4.78, 5) is 27.1. The molecule has 0 spiro atoms. The molecule has 164 valence electrons. The normalized spacial score (nSPS) is 15.2. The first-order valence-corrected chi connectivity index (χ1v) is 10.6. The van der Waals surface area contributed by atoms with Crippen LogP contribution in [0, 0.1) is 5.82 Å². The second kappa shape index (κ2) is 9.32. The highest BCUT2D eigenvalue weighted by Gasteiger charge is 2.30. The maximum absolute atomic E-state index is 13.6. The molecule has 2 N–H and O–H groups in total. The van der Waals surface area contributed by atoms with Crippen LogP contribution in [-0.4, -0.2) is 30.8 Å². The molecule has 0 unspecified atom stereocenters. The molecule has 1 heterocycles. The highest BCUT2D eigenvalue weighted by atomic mass is 19.1. The Morgan fingerprint density at radius 3 is 2.59 bits per heavy atom. The topological polar surface area (TPSA) is 61.4 Å². The van der Waals surface area contributed by atoms with Gasteiger partial charge in [0.2, 0.25) is 11.8 Å². The third-order valence-electron chi connectivity index (χ3n) is 5.61. The molecular formula is C26H26FN3O2. The van der Waals surface area contributed by atoms with Crippen LogP contribution in [-0.2, 0) is 22.7 Å². The van der Waals surface area contributed by atoms with Crippen molar-refractivity contribution in [2.75, 3.05) is 19.4 Å². The number of amides is 2. The van der Waals surface area contributed by atoms with Gasteiger partial charge in [0.1, 0.15) is 5.82 Å². The van der Waals surface area contributed by atoms with E-state index < -0.39 is 11.7 Å².